The summed E-state index contributed by atoms with van der Waals surface area (Å²) in [5.74, 6) is -0.00481. The first-order chi connectivity index (χ1) is 8.34. The van der Waals surface area contributed by atoms with Crippen molar-refractivity contribution in [2.24, 2.45) is 0 Å². The summed E-state index contributed by atoms with van der Waals surface area (Å²) in [6.07, 6.45) is -4.86. The van der Waals surface area contributed by atoms with Gasteiger partial charge in [0.15, 0.2) is 5.82 Å². The van der Waals surface area contributed by atoms with E-state index in [1.807, 2.05) is 0 Å². The van der Waals surface area contributed by atoms with Crippen molar-refractivity contribution in [2.45, 2.75) is 12.3 Å². The van der Waals surface area contributed by atoms with Gasteiger partial charge in [-0.05, 0) is 6.07 Å². The zero-order valence-corrected chi connectivity index (χ0v) is 9.76. The van der Waals surface area contributed by atoms with Gasteiger partial charge in [0.05, 0.1) is 23.3 Å². The lowest BCUT2D eigenvalue weighted by molar-refractivity contribution is -0.137. The van der Waals surface area contributed by atoms with Crippen molar-refractivity contribution in [3.05, 3.63) is 22.8 Å². The molecule has 0 spiro atoms. The largest absolute Gasteiger partial charge is 0.417 e. The van der Waals surface area contributed by atoms with Crippen LogP contribution < -0.4 is 10.9 Å². The zero-order valence-electron chi connectivity index (χ0n) is 9.00. The SMILES string of the molecule is OCC(O)CNNc1ncc(C(F)(F)F)cc1Cl. The van der Waals surface area contributed by atoms with Crippen LogP contribution in [-0.2, 0) is 6.18 Å². The van der Waals surface area contributed by atoms with E-state index in [1.165, 1.54) is 0 Å². The molecule has 0 aromatic carbocycles. The van der Waals surface area contributed by atoms with Gasteiger partial charge in [-0.3, -0.25) is 0 Å². The van der Waals surface area contributed by atoms with Crippen LogP contribution in [-0.4, -0.2) is 34.5 Å². The van der Waals surface area contributed by atoms with Crippen LogP contribution >= 0.6 is 11.6 Å². The summed E-state index contributed by atoms with van der Waals surface area (Å²) < 4.78 is 36.9. The number of halogens is 4. The Kier molecular flexibility index (Phi) is 5.15. The number of aromatic nitrogens is 1. The van der Waals surface area contributed by atoms with E-state index in [0.717, 1.165) is 6.07 Å². The van der Waals surface area contributed by atoms with Crippen LogP contribution in [0.4, 0.5) is 19.0 Å². The van der Waals surface area contributed by atoms with Crippen LogP contribution in [0.5, 0.6) is 0 Å². The predicted octanol–water partition coefficient (Wildman–Crippen LogP) is 1.02. The quantitative estimate of drug-likeness (QED) is 0.608. The fourth-order valence-electron chi connectivity index (χ4n) is 1.00. The Hall–Kier alpha value is -1.09. The molecule has 0 saturated heterocycles. The molecule has 9 heteroatoms. The molecule has 1 aromatic heterocycles. The van der Waals surface area contributed by atoms with Gasteiger partial charge < -0.3 is 15.6 Å². The second kappa shape index (κ2) is 6.19. The van der Waals surface area contributed by atoms with Crippen LogP contribution in [0.25, 0.3) is 0 Å². The predicted molar refractivity (Wildman–Crippen MR) is 59.0 cm³/mol. The average molecular weight is 286 g/mol. The number of rotatable bonds is 5. The molecule has 1 atom stereocenters. The van der Waals surface area contributed by atoms with E-state index >= 15 is 0 Å². The normalized spacial score (nSPS) is 13.4. The number of hydrazine groups is 1. The fourth-order valence-corrected chi connectivity index (χ4v) is 1.22. The average Bonchev–Trinajstić information content (AvgIpc) is 2.29. The molecule has 18 heavy (non-hydrogen) atoms. The van der Waals surface area contributed by atoms with E-state index in [9.17, 15) is 13.2 Å². The third-order valence-electron chi connectivity index (χ3n) is 1.92. The van der Waals surface area contributed by atoms with Crippen LogP contribution in [0.15, 0.2) is 12.3 Å². The highest BCUT2D eigenvalue weighted by atomic mass is 35.5. The van der Waals surface area contributed by atoms with Gasteiger partial charge in [0.1, 0.15) is 0 Å². The van der Waals surface area contributed by atoms with E-state index < -0.39 is 24.5 Å². The molecule has 102 valence electrons. The third kappa shape index (κ3) is 4.30. The van der Waals surface area contributed by atoms with Gasteiger partial charge in [-0.1, -0.05) is 11.6 Å². The number of pyridine rings is 1. The molecule has 0 bridgehead atoms. The molecule has 0 amide bonds. The highest BCUT2D eigenvalue weighted by Crippen LogP contribution is 2.32. The Morgan fingerprint density at radius 2 is 2.11 bits per heavy atom. The topological polar surface area (TPSA) is 77.4 Å². The number of hydrogen-bond donors (Lipinski definition) is 4. The summed E-state index contributed by atoms with van der Waals surface area (Å²) in [5, 5.41) is 17.3. The van der Waals surface area contributed by atoms with E-state index in [-0.39, 0.29) is 17.4 Å². The van der Waals surface area contributed by atoms with Crippen molar-refractivity contribution >= 4 is 17.4 Å². The molecule has 0 saturated carbocycles. The molecule has 0 aliphatic carbocycles. The first kappa shape index (κ1) is 15.0. The van der Waals surface area contributed by atoms with Crippen molar-refractivity contribution in [3.8, 4) is 0 Å². The number of aliphatic hydroxyl groups is 2. The highest BCUT2D eigenvalue weighted by molar-refractivity contribution is 6.32. The number of anilines is 1. The molecule has 0 aliphatic rings. The molecule has 1 aromatic rings. The highest BCUT2D eigenvalue weighted by Gasteiger charge is 2.31. The van der Waals surface area contributed by atoms with Crippen molar-refractivity contribution in [1.82, 2.24) is 10.4 Å². The summed E-state index contributed by atoms with van der Waals surface area (Å²) in [4.78, 5) is 3.50. The van der Waals surface area contributed by atoms with Gasteiger partial charge in [-0.15, -0.1) is 0 Å². The minimum absolute atomic E-state index is 0.00481. The summed E-state index contributed by atoms with van der Waals surface area (Å²) in [5.41, 5.74) is 3.94. The lowest BCUT2D eigenvalue weighted by Crippen LogP contribution is -2.33. The van der Waals surface area contributed by atoms with E-state index in [1.54, 1.807) is 0 Å². The van der Waals surface area contributed by atoms with Crippen LogP contribution in [0.2, 0.25) is 5.02 Å². The molecule has 1 unspecified atom stereocenters. The molecular weight excluding hydrogens is 275 g/mol. The second-order valence-electron chi connectivity index (χ2n) is 3.39. The number of hydrogen-bond acceptors (Lipinski definition) is 5. The summed E-state index contributed by atoms with van der Waals surface area (Å²) in [6, 6.07) is 0.737. The van der Waals surface area contributed by atoms with Crippen molar-refractivity contribution in [3.63, 3.8) is 0 Å². The molecule has 4 N–H and O–H groups in total. The first-order valence-electron chi connectivity index (χ1n) is 4.85. The maximum Gasteiger partial charge on any atom is 0.417 e. The zero-order chi connectivity index (χ0) is 13.8. The second-order valence-corrected chi connectivity index (χ2v) is 3.80. The van der Waals surface area contributed by atoms with Crippen LogP contribution in [0, 0.1) is 0 Å². The van der Waals surface area contributed by atoms with Crippen molar-refractivity contribution < 1.29 is 23.4 Å². The number of nitrogens with one attached hydrogen (secondary N) is 2. The molecule has 0 fully saturated rings. The Balaban J connectivity index is 2.63. The minimum atomic E-state index is -4.50. The van der Waals surface area contributed by atoms with Crippen LogP contribution in [0.1, 0.15) is 5.56 Å². The summed E-state index contributed by atoms with van der Waals surface area (Å²) in [6.45, 7) is -0.460. The minimum Gasteiger partial charge on any atom is -0.394 e. The molecule has 5 nitrogen and oxygen atoms in total. The first-order valence-corrected chi connectivity index (χ1v) is 5.23. The Morgan fingerprint density at radius 3 is 2.61 bits per heavy atom. The molecular formula is C9H11ClF3N3O2. The Bertz CT molecular complexity index is 403. The van der Waals surface area contributed by atoms with Gasteiger partial charge in [0.25, 0.3) is 0 Å². The van der Waals surface area contributed by atoms with Gasteiger partial charge in [-0.2, -0.15) is 13.2 Å². The molecule has 1 heterocycles. The number of nitrogens with zero attached hydrogens (tertiary/aromatic N) is 1. The monoisotopic (exact) mass is 285 g/mol. The molecule has 1 rings (SSSR count). The van der Waals surface area contributed by atoms with Gasteiger partial charge in [-0.25, -0.2) is 10.4 Å². The van der Waals surface area contributed by atoms with Gasteiger partial charge in [0.2, 0.25) is 0 Å². The summed E-state index contributed by atoms with van der Waals surface area (Å²) >= 11 is 5.61. The maximum absolute atomic E-state index is 12.3. The van der Waals surface area contributed by atoms with E-state index in [4.69, 9.17) is 21.8 Å². The molecule has 0 aliphatic heterocycles. The van der Waals surface area contributed by atoms with Crippen molar-refractivity contribution in [1.29, 1.82) is 0 Å². The Labute approximate surface area is 106 Å². The lowest BCUT2D eigenvalue weighted by atomic mass is 10.3. The third-order valence-corrected chi connectivity index (χ3v) is 2.21. The van der Waals surface area contributed by atoms with Gasteiger partial charge >= 0.3 is 6.18 Å². The lowest BCUT2D eigenvalue weighted by Gasteiger charge is -2.13. The number of aliphatic hydroxyl groups excluding tert-OH is 2. The van der Waals surface area contributed by atoms with Crippen molar-refractivity contribution in [2.75, 3.05) is 18.6 Å². The standard InChI is InChI=1S/C9H11ClF3N3O2/c10-7-1-5(9(11,12)13)2-14-8(7)16-15-3-6(18)4-17/h1-2,6,15,17-18H,3-4H2,(H,14,16). The van der Waals surface area contributed by atoms with E-state index in [2.05, 4.69) is 15.8 Å². The van der Waals surface area contributed by atoms with E-state index in [0.29, 0.717) is 6.20 Å². The summed E-state index contributed by atoms with van der Waals surface area (Å²) in [7, 11) is 0. The van der Waals surface area contributed by atoms with Gasteiger partial charge in [0, 0.05) is 12.7 Å². The maximum atomic E-state index is 12.3. The fraction of sp³-hybridized carbons (Fsp3) is 0.444. The smallest absolute Gasteiger partial charge is 0.394 e. The molecule has 0 radical (unpaired) electrons. The number of alkyl halides is 3. The Morgan fingerprint density at radius 1 is 1.44 bits per heavy atom. The van der Waals surface area contributed by atoms with Crippen LogP contribution in [0.3, 0.4) is 0 Å².